The molecule has 0 bridgehead atoms. The summed E-state index contributed by atoms with van der Waals surface area (Å²) in [5.41, 5.74) is 2.16. The molecule has 1 aliphatic heterocycles. The summed E-state index contributed by atoms with van der Waals surface area (Å²) < 4.78 is 32.5. The predicted molar refractivity (Wildman–Crippen MR) is 101 cm³/mol. The van der Waals surface area contributed by atoms with Crippen LogP contribution in [0.3, 0.4) is 0 Å². The topological polar surface area (TPSA) is 66.9 Å². The van der Waals surface area contributed by atoms with Gasteiger partial charge in [-0.25, -0.2) is 8.42 Å². The van der Waals surface area contributed by atoms with Gasteiger partial charge in [0.25, 0.3) is 10.0 Å². The number of methoxy groups -OCH3 is 1. The number of sulfonamides is 1. The van der Waals surface area contributed by atoms with Gasteiger partial charge in [0, 0.05) is 38.2 Å². The summed E-state index contributed by atoms with van der Waals surface area (Å²) in [7, 11) is -0.729. The Morgan fingerprint density at radius 1 is 1.23 bits per heavy atom. The van der Waals surface area contributed by atoms with Gasteiger partial charge in [-0.05, 0) is 29.8 Å². The number of hydrogen-bond acceptors (Lipinski definition) is 4. The molecule has 7 heteroatoms. The van der Waals surface area contributed by atoms with Crippen LogP contribution in [0.2, 0.25) is 0 Å². The first-order chi connectivity index (χ1) is 12.3. The molecule has 26 heavy (non-hydrogen) atoms. The molecule has 3 rings (SSSR count). The first kappa shape index (κ1) is 18.3. The monoisotopic (exact) mass is 374 g/mol. The van der Waals surface area contributed by atoms with Crippen LogP contribution in [-0.2, 0) is 14.8 Å². The lowest BCUT2D eigenvalue weighted by Gasteiger charge is -2.21. The third-order valence-corrected chi connectivity index (χ3v) is 6.52. The van der Waals surface area contributed by atoms with E-state index < -0.39 is 10.0 Å². The zero-order valence-corrected chi connectivity index (χ0v) is 16.1. The Labute approximate surface area is 154 Å². The minimum atomic E-state index is -3.77. The Morgan fingerprint density at radius 3 is 2.62 bits per heavy atom. The van der Waals surface area contributed by atoms with Crippen LogP contribution in [0.25, 0.3) is 0 Å². The number of rotatable bonds is 4. The largest absolute Gasteiger partial charge is 0.497 e. The molecule has 0 aromatic heterocycles. The molecule has 1 heterocycles. The van der Waals surface area contributed by atoms with Gasteiger partial charge in [-0.15, -0.1) is 0 Å². The second kappa shape index (κ2) is 6.64. The molecule has 0 radical (unpaired) electrons. The highest BCUT2D eigenvalue weighted by Gasteiger charge is 2.31. The zero-order chi connectivity index (χ0) is 19.1. The smallest absolute Gasteiger partial charge is 0.264 e. The van der Waals surface area contributed by atoms with Crippen LogP contribution < -0.4 is 13.9 Å². The zero-order valence-electron chi connectivity index (χ0n) is 15.3. The van der Waals surface area contributed by atoms with Crippen LogP contribution >= 0.6 is 0 Å². The van der Waals surface area contributed by atoms with E-state index in [9.17, 15) is 13.2 Å². The Hall–Kier alpha value is -2.54. The fraction of sp³-hybridized carbons (Fsp3) is 0.316. The van der Waals surface area contributed by atoms with E-state index in [4.69, 9.17) is 4.74 Å². The van der Waals surface area contributed by atoms with Crippen molar-refractivity contribution >= 4 is 27.3 Å². The molecule has 0 saturated carbocycles. The quantitative estimate of drug-likeness (QED) is 0.825. The van der Waals surface area contributed by atoms with Gasteiger partial charge < -0.3 is 9.64 Å². The third-order valence-electron chi connectivity index (χ3n) is 4.74. The van der Waals surface area contributed by atoms with Gasteiger partial charge in [-0.2, -0.15) is 0 Å². The highest BCUT2D eigenvalue weighted by molar-refractivity contribution is 7.92. The molecule has 1 atom stereocenters. The SMILES string of the molecule is COc1cccc(N(C)S(=O)(=O)c2ccc3c(c2)N(C(C)=O)CC3C)c1. The molecular weight excluding hydrogens is 352 g/mol. The molecule has 1 aliphatic rings. The van der Waals surface area contributed by atoms with Gasteiger partial charge in [-0.3, -0.25) is 9.10 Å². The van der Waals surface area contributed by atoms with Crippen LogP contribution in [0, 0.1) is 0 Å². The standard InChI is InChI=1S/C19H22N2O4S/c1-13-12-21(14(2)22)19-11-17(8-9-18(13)19)26(23,24)20(3)15-6-5-7-16(10-15)25-4/h5-11,13H,12H2,1-4H3. The van der Waals surface area contributed by atoms with Crippen LogP contribution in [0.4, 0.5) is 11.4 Å². The summed E-state index contributed by atoms with van der Waals surface area (Å²) in [5, 5.41) is 0. The summed E-state index contributed by atoms with van der Waals surface area (Å²) >= 11 is 0. The molecule has 1 amide bonds. The number of amides is 1. The number of nitrogens with zero attached hydrogens (tertiary/aromatic N) is 2. The Balaban J connectivity index is 2.02. The maximum absolute atomic E-state index is 13.1. The highest BCUT2D eigenvalue weighted by Crippen LogP contribution is 2.38. The number of ether oxygens (including phenoxy) is 1. The molecule has 2 aromatic rings. The van der Waals surface area contributed by atoms with E-state index in [1.807, 2.05) is 6.92 Å². The molecule has 2 aromatic carbocycles. The average Bonchev–Trinajstić information content (AvgIpc) is 2.97. The van der Waals surface area contributed by atoms with E-state index in [2.05, 4.69) is 0 Å². The van der Waals surface area contributed by atoms with Crippen molar-refractivity contribution in [1.82, 2.24) is 0 Å². The van der Waals surface area contributed by atoms with Crippen molar-refractivity contribution in [3.63, 3.8) is 0 Å². The number of carbonyl (C=O) groups is 1. The van der Waals surface area contributed by atoms with Crippen LogP contribution in [0.1, 0.15) is 25.3 Å². The van der Waals surface area contributed by atoms with E-state index in [1.54, 1.807) is 47.4 Å². The second-order valence-electron chi connectivity index (χ2n) is 6.43. The fourth-order valence-electron chi connectivity index (χ4n) is 3.21. The third kappa shape index (κ3) is 3.03. The molecule has 0 fully saturated rings. The Bertz CT molecular complexity index is 956. The van der Waals surface area contributed by atoms with Crippen molar-refractivity contribution in [1.29, 1.82) is 0 Å². The van der Waals surface area contributed by atoms with Crippen molar-refractivity contribution in [2.45, 2.75) is 24.7 Å². The predicted octanol–water partition coefficient (Wildman–Crippen LogP) is 2.99. The minimum Gasteiger partial charge on any atom is -0.497 e. The molecule has 138 valence electrons. The first-order valence-electron chi connectivity index (χ1n) is 8.30. The van der Waals surface area contributed by atoms with Crippen molar-refractivity contribution in [3.05, 3.63) is 48.0 Å². The highest BCUT2D eigenvalue weighted by atomic mass is 32.2. The normalized spacial score (nSPS) is 16.3. The van der Waals surface area contributed by atoms with Crippen LogP contribution in [0.15, 0.2) is 47.4 Å². The van der Waals surface area contributed by atoms with E-state index in [0.29, 0.717) is 23.7 Å². The number of carbonyl (C=O) groups excluding carboxylic acids is 1. The van der Waals surface area contributed by atoms with Gasteiger partial charge in [0.1, 0.15) is 5.75 Å². The summed E-state index contributed by atoms with van der Waals surface area (Å²) in [6.45, 7) is 4.09. The molecule has 0 saturated heterocycles. The number of anilines is 2. The van der Waals surface area contributed by atoms with E-state index in [0.717, 1.165) is 5.56 Å². The lowest BCUT2D eigenvalue weighted by molar-refractivity contribution is -0.116. The van der Waals surface area contributed by atoms with Gasteiger partial charge in [0.15, 0.2) is 0 Å². The van der Waals surface area contributed by atoms with Crippen molar-refractivity contribution < 1.29 is 17.9 Å². The lowest BCUT2D eigenvalue weighted by atomic mass is 10.0. The van der Waals surface area contributed by atoms with E-state index >= 15 is 0 Å². The molecule has 0 aliphatic carbocycles. The van der Waals surface area contributed by atoms with Crippen molar-refractivity contribution in [3.8, 4) is 5.75 Å². The lowest BCUT2D eigenvalue weighted by Crippen LogP contribution is -2.28. The number of benzene rings is 2. The average molecular weight is 374 g/mol. The maximum atomic E-state index is 13.1. The summed E-state index contributed by atoms with van der Waals surface area (Å²) in [6, 6.07) is 11.9. The molecular formula is C19H22N2O4S. The van der Waals surface area contributed by atoms with Gasteiger partial charge in [0.05, 0.1) is 17.7 Å². The van der Waals surface area contributed by atoms with Crippen molar-refractivity contribution in [2.24, 2.45) is 0 Å². The molecule has 1 unspecified atom stereocenters. The molecule has 0 spiro atoms. The maximum Gasteiger partial charge on any atom is 0.264 e. The summed E-state index contributed by atoms with van der Waals surface area (Å²) in [4.78, 5) is 13.7. The van der Waals surface area contributed by atoms with Crippen LogP contribution in [0.5, 0.6) is 5.75 Å². The minimum absolute atomic E-state index is 0.0914. The van der Waals surface area contributed by atoms with E-state index in [1.165, 1.54) is 25.4 Å². The second-order valence-corrected chi connectivity index (χ2v) is 8.39. The fourth-order valence-corrected chi connectivity index (χ4v) is 4.41. The summed E-state index contributed by atoms with van der Waals surface area (Å²) in [5.74, 6) is 0.670. The van der Waals surface area contributed by atoms with Gasteiger partial charge >= 0.3 is 0 Å². The number of fused-ring (bicyclic) bond motifs is 1. The Morgan fingerprint density at radius 2 is 1.96 bits per heavy atom. The van der Waals surface area contributed by atoms with Crippen molar-refractivity contribution in [2.75, 3.05) is 29.9 Å². The van der Waals surface area contributed by atoms with E-state index in [-0.39, 0.29) is 16.7 Å². The van der Waals surface area contributed by atoms with Crippen LogP contribution in [-0.4, -0.2) is 35.0 Å². The summed E-state index contributed by atoms with van der Waals surface area (Å²) in [6.07, 6.45) is 0. The molecule has 0 N–H and O–H groups in total. The first-order valence-corrected chi connectivity index (χ1v) is 9.74. The van der Waals surface area contributed by atoms with Gasteiger partial charge in [-0.1, -0.05) is 19.1 Å². The number of hydrogen-bond donors (Lipinski definition) is 0. The molecule has 6 nitrogen and oxygen atoms in total. The Kier molecular flexibility index (Phi) is 4.66. The van der Waals surface area contributed by atoms with Gasteiger partial charge in [0.2, 0.25) is 5.91 Å².